The van der Waals surface area contributed by atoms with E-state index in [4.69, 9.17) is 63.7 Å². The molecule has 176 valence electrons. The van der Waals surface area contributed by atoms with Gasteiger partial charge in [-0.1, -0.05) is 40.9 Å². The standard InChI is InChI=1S/C23H15Cl5FN3O2/c24-14-4-2-11(8-13(14)21(33)31-12-3-5-15(25)18(30)9-12)32-22(34)20-19(23(20,27)28)10-1-6-17(29)16(26)7-10/h1-9,19-20H,30H2,(H,31,33)(H,32,34). The number of nitrogen functional groups attached to an aromatic ring is 1. The molecule has 0 radical (unpaired) electrons. The molecule has 4 rings (SSSR count). The van der Waals surface area contributed by atoms with Gasteiger partial charge in [-0.3, -0.25) is 9.59 Å². The van der Waals surface area contributed by atoms with Crippen molar-refractivity contribution in [2.24, 2.45) is 5.92 Å². The molecule has 0 aromatic heterocycles. The second kappa shape index (κ2) is 9.44. The number of halogens is 6. The van der Waals surface area contributed by atoms with Crippen LogP contribution in [0.15, 0.2) is 54.6 Å². The summed E-state index contributed by atoms with van der Waals surface area (Å²) in [6.45, 7) is 0. The number of nitrogens with one attached hydrogen (secondary N) is 2. The highest BCUT2D eigenvalue weighted by Crippen LogP contribution is 2.65. The molecular weight excluding hydrogens is 547 g/mol. The molecule has 1 aliphatic rings. The van der Waals surface area contributed by atoms with Gasteiger partial charge in [-0.05, 0) is 54.1 Å². The average molecular weight is 562 g/mol. The van der Waals surface area contributed by atoms with Gasteiger partial charge in [0.2, 0.25) is 5.91 Å². The molecule has 2 unspecified atom stereocenters. The van der Waals surface area contributed by atoms with Crippen molar-refractivity contribution in [1.82, 2.24) is 0 Å². The second-order valence-corrected chi connectivity index (χ2v) is 10.3. The van der Waals surface area contributed by atoms with Crippen LogP contribution in [0.5, 0.6) is 0 Å². The predicted octanol–water partition coefficient (Wildman–Crippen LogP) is 7.15. The molecule has 1 fully saturated rings. The Kier molecular flexibility index (Phi) is 6.91. The van der Waals surface area contributed by atoms with Crippen molar-refractivity contribution in [3.05, 3.63) is 86.6 Å². The normalized spacial score (nSPS) is 18.3. The fraction of sp³-hybridized carbons (Fsp3) is 0.130. The molecule has 0 bridgehead atoms. The Morgan fingerprint density at radius 3 is 2.15 bits per heavy atom. The first-order chi connectivity index (χ1) is 16.0. The van der Waals surface area contributed by atoms with Crippen molar-refractivity contribution >= 4 is 86.9 Å². The van der Waals surface area contributed by atoms with Gasteiger partial charge in [-0.15, -0.1) is 23.2 Å². The van der Waals surface area contributed by atoms with Gasteiger partial charge in [0.25, 0.3) is 5.91 Å². The fourth-order valence-electron chi connectivity index (χ4n) is 3.59. The summed E-state index contributed by atoms with van der Waals surface area (Å²) < 4.78 is 12.1. The van der Waals surface area contributed by atoms with Crippen LogP contribution in [0.2, 0.25) is 15.1 Å². The third kappa shape index (κ3) is 4.92. The van der Waals surface area contributed by atoms with Crippen molar-refractivity contribution in [1.29, 1.82) is 0 Å². The zero-order valence-corrected chi connectivity index (χ0v) is 20.8. The molecule has 34 heavy (non-hydrogen) atoms. The van der Waals surface area contributed by atoms with E-state index < -0.39 is 33.8 Å². The van der Waals surface area contributed by atoms with Crippen LogP contribution in [0.4, 0.5) is 21.5 Å². The van der Waals surface area contributed by atoms with Crippen molar-refractivity contribution in [3.63, 3.8) is 0 Å². The number of hydrogen-bond acceptors (Lipinski definition) is 3. The average Bonchev–Trinajstić information content (AvgIpc) is 3.36. The van der Waals surface area contributed by atoms with Gasteiger partial charge in [0.15, 0.2) is 0 Å². The summed E-state index contributed by atoms with van der Waals surface area (Å²) in [6, 6.07) is 13.1. The minimum Gasteiger partial charge on any atom is -0.397 e. The van der Waals surface area contributed by atoms with Crippen molar-refractivity contribution in [2.45, 2.75) is 10.3 Å². The van der Waals surface area contributed by atoms with E-state index in [0.717, 1.165) is 0 Å². The Balaban J connectivity index is 1.50. The maximum absolute atomic E-state index is 13.5. The molecule has 2 amide bonds. The van der Waals surface area contributed by atoms with Crippen molar-refractivity contribution in [3.8, 4) is 0 Å². The maximum atomic E-state index is 13.5. The maximum Gasteiger partial charge on any atom is 0.257 e. The number of nitrogens with two attached hydrogens (primary N) is 1. The molecule has 5 nitrogen and oxygen atoms in total. The molecule has 0 saturated heterocycles. The van der Waals surface area contributed by atoms with E-state index in [2.05, 4.69) is 10.6 Å². The highest BCUT2D eigenvalue weighted by Gasteiger charge is 2.67. The summed E-state index contributed by atoms with van der Waals surface area (Å²) in [5.74, 6) is -2.98. The third-order valence-electron chi connectivity index (χ3n) is 5.37. The first-order valence-corrected chi connectivity index (χ1v) is 11.7. The van der Waals surface area contributed by atoms with Crippen LogP contribution in [0.25, 0.3) is 0 Å². The van der Waals surface area contributed by atoms with Gasteiger partial charge in [0, 0.05) is 17.3 Å². The number of anilines is 3. The predicted molar refractivity (Wildman–Crippen MR) is 136 cm³/mol. The summed E-state index contributed by atoms with van der Waals surface area (Å²) in [5.41, 5.74) is 7.45. The Morgan fingerprint density at radius 1 is 0.853 bits per heavy atom. The summed E-state index contributed by atoms with van der Waals surface area (Å²) in [7, 11) is 0. The van der Waals surface area contributed by atoms with Gasteiger partial charge < -0.3 is 16.4 Å². The van der Waals surface area contributed by atoms with E-state index in [9.17, 15) is 14.0 Å². The van der Waals surface area contributed by atoms with E-state index in [0.29, 0.717) is 27.6 Å². The lowest BCUT2D eigenvalue weighted by molar-refractivity contribution is -0.117. The molecule has 0 spiro atoms. The number of rotatable bonds is 5. The number of alkyl halides is 2. The molecule has 1 saturated carbocycles. The SMILES string of the molecule is Nc1cc(NC(=O)c2cc(NC(=O)C3C(c4ccc(F)c(Cl)c4)C3(Cl)Cl)ccc2Cl)ccc1Cl. The minimum absolute atomic E-state index is 0.0940. The van der Waals surface area contributed by atoms with Crippen LogP contribution in [0.1, 0.15) is 21.8 Å². The quantitative estimate of drug-likeness (QED) is 0.229. The molecule has 4 N–H and O–H groups in total. The molecule has 0 heterocycles. The molecular formula is C23H15Cl5FN3O2. The van der Waals surface area contributed by atoms with E-state index in [1.54, 1.807) is 12.1 Å². The van der Waals surface area contributed by atoms with Crippen LogP contribution >= 0.6 is 58.0 Å². The second-order valence-electron chi connectivity index (χ2n) is 7.68. The van der Waals surface area contributed by atoms with Gasteiger partial charge in [-0.2, -0.15) is 0 Å². The third-order valence-corrected chi connectivity index (χ3v) is 7.27. The van der Waals surface area contributed by atoms with E-state index >= 15 is 0 Å². The molecule has 1 aliphatic carbocycles. The number of benzene rings is 3. The molecule has 2 atom stereocenters. The summed E-state index contributed by atoms with van der Waals surface area (Å²) in [4.78, 5) is 25.7. The van der Waals surface area contributed by atoms with E-state index in [1.165, 1.54) is 42.5 Å². The van der Waals surface area contributed by atoms with E-state index in [1.807, 2.05) is 0 Å². The zero-order valence-electron chi connectivity index (χ0n) is 17.0. The largest absolute Gasteiger partial charge is 0.397 e. The number of carbonyl (C=O) groups excluding carboxylic acids is 2. The lowest BCUT2D eigenvalue weighted by Crippen LogP contribution is -2.18. The van der Waals surface area contributed by atoms with Gasteiger partial charge >= 0.3 is 0 Å². The van der Waals surface area contributed by atoms with Crippen LogP contribution in [0, 0.1) is 11.7 Å². The van der Waals surface area contributed by atoms with Gasteiger partial charge in [0.1, 0.15) is 10.2 Å². The number of amides is 2. The van der Waals surface area contributed by atoms with Crippen LogP contribution in [-0.2, 0) is 4.79 Å². The lowest BCUT2D eigenvalue weighted by atomic mass is 10.1. The number of carbonyl (C=O) groups is 2. The van der Waals surface area contributed by atoms with Crippen molar-refractivity contribution < 1.29 is 14.0 Å². The topological polar surface area (TPSA) is 84.2 Å². The summed E-state index contributed by atoms with van der Waals surface area (Å²) in [6.07, 6.45) is 0. The summed E-state index contributed by atoms with van der Waals surface area (Å²) >= 11 is 30.6. The van der Waals surface area contributed by atoms with Crippen molar-refractivity contribution in [2.75, 3.05) is 16.4 Å². The first-order valence-electron chi connectivity index (χ1n) is 9.78. The number of hydrogen-bond donors (Lipinski definition) is 3. The van der Waals surface area contributed by atoms with Crippen LogP contribution in [-0.4, -0.2) is 16.1 Å². The Morgan fingerprint density at radius 2 is 1.50 bits per heavy atom. The Hall–Kier alpha value is -2.22. The molecule has 3 aromatic carbocycles. The molecule has 0 aliphatic heterocycles. The van der Waals surface area contributed by atoms with Gasteiger partial charge in [0.05, 0.1) is 32.2 Å². The summed E-state index contributed by atoms with van der Waals surface area (Å²) in [5, 5.41) is 5.81. The minimum atomic E-state index is -1.40. The molecule has 3 aromatic rings. The molecule has 11 heteroatoms. The first kappa shape index (κ1) is 24.9. The van der Waals surface area contributed by atoms with E-state index in [-0.39, 0.29) is 15.6 Å². The monoisotopic (exact) mass is 559 g/mol. The Labute approximate surface area is 219 Å². The fourth-order valence-corrected chi connectivity index (χ4v) is 4.93. The Bertz CT molecular complexity index is 1320. The smallest absolute Gasteiger partial charge is 0.257 e. The highest BCUT2D eigenvalue weighted by atomic mass is 35.5. The van der Waals surface area contributed by atoms with Crippen LogP contribution in [0.3, 0.4) is 0 Å². The highest BCUT2D eigenvalue weighted by molar-refractivity contribution is 6.53. The van der Waals surface area contributed by atoms with Gasteiger partial charge in [-0.25, -0.2) is 4.39 Å². The van der Waals surface area contributed by atoms with Crippen LogP contribution < -0.4 is 16.4 Å². The lowest BCUT2D eigenvalue weighted by Gasteiger charge is -2.11. The zero-order chi connectivity index (χ0) is 24.8.